The molecule has 1 aromatic carbocycles. The number of nitrogens with one attached hydrogen (secondary N) is 2. The van der Waals surface area contributed by atoms with Crippen LogP contribution in [0.2, 0.25) is 5.02 Å². The van der Waals surface area contributed by atoms with Gasteiger partial charge >= 0.3 is 5.97 Å². The van der Waals surface area contributed by atoms with Crippen LogP contribution in [0.15, 0.2) is 30.5 Å². The molecule has 0 saturated heterocycles. The number of hydrogen-bond donors (Lipinski definition) is 2. The van der Waals surface area contributed by atoms with E-state index in [1.807, 2.05) is 24.3 Å². The molecule has 24 heavy (non-hydrogen) atoms. The minimum atomic E-state index is -0.440. The number of ether oxygens (including phenoxy) is 1. The molecule has 1 aromatic heterocycles. The Labute approximate surface area is 150 Å². The van der Waals surface area contributed by atoms with Gasteiger partial charge in [0.25, 0.3) is 0 Å². The normalized spacial score (nSPS) is 10.1. The lowest BCUT2D eigenvalue weighted by molar-refractivity contribution is 0.0524. The van der Waals surface area contributed by atoms with Crippen LogP contribution >= 0.6 is 23.8 Å². The zero-order valence-electron chi connectivity index (χ0n) is 13.3. The predicted molar refractivity (Wildman–Crippen MR) is 97.2 cm³/mol. The number of carbonyl (C=O) groups is 1. The van der Waals surface area contributed by atoms with E-state index in [0.29, 0.717) is 40.5 Å². The number of nitrogens with zero attached hydrogens (tertiary/aromatic N) is 2. The van der Waals surface area contributed by atoms with Gasteiger partial charge < -0.3 is 15.4 Å². The minimum Gasteiger partial charge on any atom is -0.462 e. The van der Waals surface area contributed by atoms with E-state index in [2.05, 4.69) is 20.6 Å². The fourth-order valence-corrected chi connectivity index (χ4v) is 2.16. The quantitative estimate of drug-likeness (QED) is 0.623. The van der Waals surface area contributed by atoms with Crippen molar-refractivity contribution in [3.63, 3.8) is 0 Å². The summed E-state index contributed by atoms with van der Waals surface area (Å²) in [6, 6.07) is 7.45. The molecule has 6 nitrogen and oxygen atoms in total. The molecule has 8 heteroatoms. The molecule has 0 aliphatic carbocycles. The van der Waals surface area contributed by atoms with Gasteiger partial charge in [0.05, 0.1) is 17.9 Å². The highest BCUT2D eigenvalue weighted by atomic mass is 35.5. The number of aryl methyl sites for hydroxylation is 1. The van der Waals surface area contributed by atoms with Gasteiger partial charge in [0.2, 0.25) is 5.95 Å². The van der Waals surface area contributed by atoms with Crippen molar-refractivity contribution in [2.24, 2.45) is 0 Å². The molecule has 0 unspecified atom stereocenters. The van der Waals surface area contributed by atoms with E-state index in [1.165, 1.54) is 6.20 Å². The lowest BCUT2D eigenvalue weighted by Gasteiger charge is -2.11. The molecule has 0 aliphatic rings. The number of anilines is 1. The van der Waals surface area contributed by atoms with Crippen LogP contribution in [0.5, 0.6) is 0 Å². The third-order valence-electron chi connectivity index (χ3n) is 3.07. The Kier molecular flexibility index (Phi) is 6.45. The third-order valence-corrected chi connectivity index (χ3v) is 3.56. The number of esters is 1. The number of hydrogen-bond acceptors (Lipinski definition) is 5. The van der Waals surface area contributed by atoms with Crippen molar-refractivity contribution in [2.45, 2.75) is 20.4 Å². The minimum absolute atomic E-state index is 0.303. The second-order valence-electron chi connectivity index (χ2n) is 4.85. The number of aromatic nitrogens is 2. The van der Waals surface area contributed by atoms with Crippen LogP contribution < -0.4 is 10.6 Å². The number of benzene rings is 1. The van der Waals surface area contributed by atoms with Gasteiger partial charge in [0.15, 0.2) is 5.11 Å². The second kappa shape index (κ2) is 8.56. The van der Waals surface area contributed by atoms with Crippen LogP contribution in [0.3, 0.4) is 0 Å². The van der Waals surface area contributed by atoms with Crippen LogP contribution in [-0.2, 0) is 11.3 Å². The number of thiocarbonyl (C=S) groups is 1. The van der Waals surface area contributed by atoms with Crippen LogP contribution in [0.1, 0.15) is 28.5 Å². The van der Waals surface area contributed by atoms with Gasteiger partial charge in [-0.05, 0) is 43.8 Å². The van der Waals surface area contributed by atoms with E-state index in [4.69, 9.17) is 28.6 Å². The molecule has 0 atom stereocenters. The molecule has 2 rings (SSSR count). The Bertz CT molecular complexity index is 737. The summed E-state index contributed by atoms with van der Waals surface area (Å²) in [4.78, 5) is 20.0. The standard InChI is InChI=1S/C16H17ClN4O2S/c1-3-23-14(22)13-9-18-15(20-10(13)2)21-16(24)19-8-11-4-6-12(17)7-5-11/h4-7,9H,3,8H2,1-2H3,(H2,18,19,20,21,24). The first-order chi connectivity index (χ1) is 11.5. The van der Waals surface area contributed by atoms with Crippen LogP contribution in [-0.4, -0.2) is 27.7 Å². The van der Waals surface area contributed by atoms with Gasteiger partial charge in [-0.3, -0.25) is 0 Å². The van der Waals surface area contributed by atoms with Gasteiger partial charge in [-0.15, -0.1) is 0 Å². The molecule has 0 amide bonds. The monoisotopic (exact) mass is 364 g/mol. The highest BCUT2D eigenvalue weighted by Crippen LogP contribution is 2.10. The highest BCUT2D eigenvalue weighted by molar-refractivity contribution is 7.80. The summed E-state index contributed by atoms with van der Waals surface area (Å²) in [7, 11) is 0. The van der Waals surface area contributed by atoms with Gasteiger partial charge in [-0.2, -0.15) is 0 Å². The summed E-state index contributed by atoms with van der Waals surface area (Å²) in [5.41, 5.74) is 1.90. The molecule has 1 heterocycles. The first-order valence-electron chi connectivity index (χ1n) is 7.29. The fraction of sp³-hybridized carbons (Fsp3) is 0.250. The third kappa shape index (κ3) is 5.14. The average Bonchev–Trinajstić information content (AvgIpc) is 2.54. The van der Waals surface area contributed by atoms with Crippen molar-refractivity contribution in [2.75, 3.05) is 11.9 Å². The predicted octanol–water partition coefficient (Wildman–Crippen LogP) is 3.10. The zero-order chi connectivity index (χ0) is 17.5. The van der Waals surface area contributed by atoms with Crippen LogP contribution in [0.25, 0.3) is 0 Å². The zero-order valence-corrected chi connectivity index (χ0v) is 14.9. The van der Waals surface area contributed by atoms with Gasteiger partial charge in [-0.1, -0.05) is 23.7 Å². The largest absolute Gasteiger partial charge is 0.462 e. The van der Waals surface area contributed by atoms with Crippen molar-refractivity contribution < 1.29 is 9.53 Å². The molecule has 2 N–H and O–H groups in total. The first kappa shape index (κ1) is 18.1. The second-order valence-corrected chi connectivity index (χ2v) is 5.69. The summed E-state index contributed by atoms with van der Waals surface area (Å²) in [5, 5.41) is 7.00. The number of carbonyl (C=O) groups excluding carboxylic acids is 1. The van der Waals surface area contributed by atoms with Crippen molar-refractivity contribution >= 4 is 40.8 Å². The molecular formula is C16H17ClN4O2S. The Morgan fingerprint density at radius 1 is 1.33 bits per heavy atom. The van der Waals surface area contributed by atoms with E-state index in [1.54, 1.807) is 13.8 Å². The van der Waals surface area contributed by atoms with Crippen molar-refractivity contribution in [1.82, 2.24) is 15.3 Å². The highest BCUT2D eigenvalue weighted by Gasteiger charge is 2.13. The van der Waals surface area contributed by atoms with E-state index >= 15 is 0 Å². The van der Waals surface area contributed by atoms with Crippen LogP contribution in [0, 0.1) is 6.92 Å². The maximum Gasteiger partial charge on any atom is 0.341 e. The molecular weight excluding hydrogens is 348 g/mol. The number of rotatable bonds is 5. The first-order valence-corrected chi connectivity index (χ1v) is 8.08. The maximum absolute atomic E-state index is 11.7. The van der Waals surface area contributed by atoms with Crippen molar-refractivity contribution in [1.29, 1.82) is 0 Å². The summed E-state index contributed by atoms with van der Waals surface area (Å²) in [6.45, 7) is 4.30. The Morgan fingerprint density at radius 3 is 2.67 bits per heavy atom. The summed E-state index contributed by atoms with van der Waals surface area (Å²) < 4.78 is 4.94. The van der Waals surface area contributed by atoms with Crippen molar-refractivity contribution in [3.8, 4) is 0 Å². The topological polar surface area (TPSA) is 76.1 Å². The SMILES string of the molecule is CCOC(=O)c1cnc(NC(=S)NCc2ccc(Cl)cc2)nc1C. The lowest BCUT2D eigenvalue weighted by atomic mass is 10.2. The van der Waals surface area contributed by atoms with Gasteiger partial charge in [0.1, 0.15) is 0 Å². The Morgan fingerprint density at radius 2 is 2.04 bits per heavy atom. The molecule has 0 bridgehead atoms. The fourth-order valence-electron chi connectivity index (χ4n) is 1.87. The number of halogens is 1. The molecule has 0 spiro atoms. The van der Waals surface area contributed by atoms with Crippen molar-refractivity contribution in [3.05, 3.63) is 52.3 Å². The molecule has 0 saturated carbocycles. The molecule has 0 radical (unpaired) electrons. The molecule has 126 valence electrons. The summed E-state index contributed by atoms with van der Waals surface area (Å²) in [5.74, 6) is -0.126. The summed E-state index contributed by atoms with van der Waals surface area (Å²) in [6.07, 6.45) is 1.42. The molecule has 2 aromatic rings. The van der Waals surface area contributed by atoms with E-state index in [0.717, 1.165) is 5.56 Å². The van der Waals surface area contributed by atoms with E-state index in [-0.39, 0.29) is 0 Å². The lowest BCUT2D eigenvalue weighted by Crippen LogP contribution is -2.29. The Hall–Kier alpha value is -2.25. The van der Waals surface area contributed by atoms with Gasteiger partial charge in [-0.25, -0.2) is 14.8 Å². The van der Waals surface area contributed by atoms with E-state index in [9.17, 15) is 4.79 Å². The average molecular weight is 365 g/mol. The maximum atomic E-state index is 11.7. The van der Waals surface area contributed by atoms with E-state index < -0.39 is 5.97 Å². The Balaban J connectivity index is 1.93. The summed E-state index contributed by atoms with van der Waals surface area (Å²) >= 11 is 11.1. The molecule has 0 aliphatic heterocycles. The van der Waals surface area contributed by atoms with Crippen LogP contribution in [0.4, 0.5) is 5.95 Å². The van der Waals surface area contributed by atoms with Gasteiger partial charge in [0, 0.05) is 17.8 Å². The molecule has 0 fully saturated rings. The smallest absolute Gasteiger partial charge is 0.341 e.